The molecule has 0 aromatic heterocycles. The molecule has 3 atom stereocenters. The largest absolute Gasteiger partial charge is 0.481 e. The lowest BCUT2D eigenvalue weighted by atomic mass is 9.82. The van der Waals surface area contributed by atoms with Gasteiger partial charge in [-0.1, -0.05) is 95.4 Å². The quantitative estimate of drug-likeness (QED) is 0.0307. The van der Waals surface area contributed by atoms with Gasteiger partial charge in [0.1, 0.15) is 24.2 Å². The summed E-state index contributed by atoms with van der Waals surface area (Å²) in [7, 11) is 0. The molecule has 0 aliphatic heterocycles. The first-order valence-electron chi connectivity index (χ1n) is 18.4. The van der Waals surface area contributed by atoms with Crippen molar-refractivity contribution >= 4 is 29.6 Å². The number of hydrogen-bond acceptors (Lipinski definition) is 8. The third kappa shape index (κ3) is 19.1. The summed E-state index contributed by atoms with van der Waals surface area (Å²) in [5.41, 5.74) is -2.35. The van der Waals surface area contributed by atoms with Crippen LogP contribution >= 0.6 is 0 Å². The second kappa shape index (κ2) is 26.6. The summed E-state index contributed by atoms with van der Waals surface area (Å²) in [6.45, 7) is 6.19. The maximum Gasteiger partial charge on any atom is 0.337 e. The first kappa shape index (κ1) is 44.9. The Bertz CT molecular complexity index is 1300. The van der Waals surface area contributed by atoms with Gasteiger partial charge in [-0.05, 0) is 56.7 Å². The van der Waals surface area contributed by atoms with Crippen molar-refractivity contribution in [1.29, 1.82) is 0 Å². The van der Waals surface area contributed by atoms with Crippen LogP contribution in [0.25, 0.3) is 0 Å². The van der Waals surface area contributed by atoms with Gasteiger partial charge in [0.25, 0.3) is 0 Å². The molecular weight excluding hydrogens is 654 g/mol. The van der Waals surface area contributed by atoms with Crippen LogP contribution in [-0.2, 0) is 35.1 Å². The van der Waals surface area contributed by atoms with E-state index >= 15 is 0 Å². The highest BCUT2D eigenvalue weighted by atomic mass is 16.5. The molecule has 0 fully saturated rings. The van der Waals surface area contributed by atoms with Gasteiger partial charge in [-0.15, -0.1) is 5.92 Å². The van der Waals surface area contributed by atoms with E-state index in [9.17, 15) is 39.3 Å². The van der Waals surface area contributed by atoms with Crippen LogP contribution in [-0.4, -0.2) is 69.8 Å². The van der Waals surface area contributed by atoms with Gasteiger partial charge >= 0.3 is 17.9 Å². The third-order valence-corrected chi connectivity index (χ3v) is 8.50. The monoisotopic (exact) mass is 713 g/mol. The lowest BCUT2D eigenvalue weighted by Crippen LogP contribution is -2.55. The first-order valence-corrected chi connectivity index (χ1v) is 18.4. The summed E-state index contributed by atoms with van der Waals surface area (Å²) < 4.78 is 11.0. The Balaban J connectivity index is 3.02. The Kier molecular flexibility index (Phi) is 23.4. The zero-order valence-corrected chi connectivity index (χ0v) is 30.8. The molecular formula is C40H59NO10. The number of Topliss-reactive ketones (excluding diaryl/α,β-unsaturated/α-hetero) is 1. The normalized spacial score (nSPS) is 13.3. The number of aliphatic hydroxyl groups is 1. The molecule has 11 heteroatoms. The Hall–Kier alpha value is -4.17. The average molecular weight is 714 g/mol. The Morgan fingerprint density at radius 3 is 2.06 bits per heavy atom. The molecule has 0 aliphatic rings. The fourth-order valence-electron chi connectivity index (χ4n) is 5.46. The minimum atomic E-state index is -2.99. The molecule has 1 rings (SSSR count). The number of amides is 1. The molecule has 0 unspecified atom stereocenters. The number of nitrogens with one attached hydrogen (secondary N) is 1. The lowest BCUT2D eigenvalue weighted by molar-refractivity contribution is -0.172. The molecule has 0 saturated heterocycles. The summed E-state index contributed by atoms with van der Waals surface area (Å²) in [5, 5.41) is 33.0. The van der Waals surface area contributed by atoms with Crippen LogP contribution in [0, 0.1) is 17.8 Å². The van der Waals surface area contributed by atoms with Crippen molar-refractivity contribution in [1.82, 2.24) is 5.32 Å². The SMILES string of the molecule is CC#CCOc1ccc(C[C@H](NC(=O)[C@@H](C=CCCCCCCC(=O)CCCCCCC)[C@@](O)(CC(=O)O)C(=O)O)C(=O)OCCCCC)cc1. The summed E-state index contributed by atoms with van der Waals surface area (Å²) in [4.78, 5) is 62.9. The zero-order valence-electron chi connectivity index (χ0n) is 30.8. The van der Waals surface area contributed by atoms with Crippen LogP contribution in [0.3, 0.4) is 0 Å². The number of unbranched alkanes of at least 4 members (excludes halogenated alkanes) is 10. The average Bonchev–Trinajstić information content (AvgIpc) is 3.09. The molecule has 284 valence electrons. The number of carbonyl (C=O) groups is 5. The molecule has 0 bridgehead atoms. The van der Waals surface area contributed by atoms with Crippen LogP contribution in [0.4, 0.5) is 0 Å². The number of carboxylic acid groups (broad SMARTS) is 2. The minimum Gasteiger partial charge on any atom is -0.481 e. The Labute approximate surface area is 303 Å². The minimum absolute atomic E-state index is 0.0182. The van der Waals surface area contributed by atoms with Gasteiger partial charge in [-0.3, -0.25) is 14.4 Å². The fourth-order valence-corrected chi connectivity index (χ4v) is 5.46. The highest BCUT2D eigenvalue weighted by molar-refractivity contribution is 5.94. The van der Waals surface area contributed by atoms with Crippen molar-refractivity contribution in [2.24, 2.45) is 5.92 Å². The summed E-state index contributed by atoms with van der Waals surface area (Å²) in [6, 6.07) is 5.53. The molecule has 11 nitrogen and oxygen atoms in total. The van der Waals surface area contributed by atoms with Crippen LogP contribution in [0.2, 0.25) is 0 Å². The standard InChI is InChI=1S/C40H59NO10/c1-4-7-10-13-16-20-32(42)21-17-14-11-12-15-18-22-34(40(49,39(47)48)30-36(43)44)37(45)41-35(38(46)51-28-19-8-5-2)29-31-23-25-33(26-24-31)50-27-9-6-3/h18,22-26,34-35,49H,4-5,7-8,10-17,19-21,27-30H2,1-3H3,(H,41,45)(H,43,44)(H,47,48)/t34-,35+,40+/m1/s1. The van der Waals surface area contributed by atoms with Gasteiger partial charge in [0.05, 0.1) is 18.9 Å². The number of ether oxygens (including phenoxy) is 2. The topological polar surface area (TPSA) is 177 Å². The molecule has 1 amide bonds. The number of aliphatic carboxylic acids is 2. The number of carboxylic acids is 2. The van der Waals surface area contributed by atoms with E-state index in [1.807, 2.05) is 6.92 Å². The van der Waals surface area contributed by atoms with Gasteiger partial charge in [-0.2, -0.15) is 0 Å². The van der Waals surface area contributed by atoms with E-state index in [4.69, 9.17) is 9.47 Å². The van der Waals surface area contributed by atoms with Crippen LogP contribution in [0.1, 0.15) is 129 Å². The molecule has 0 radical (unpaired) electrons. The number of hydrogen-bond donors (Lipinski definition) is 4. The molecule has 0 saturated carbocycles. The Morgan fingerprint density at radius 1 is 0.863 bits per heavy atom. The fraction of sp³-hybridized carbons (Fsp3) is 0.625. The van der Waals surface area contributed by atoms with Crippen LogP contribution in [0.5, 0.6) is 5.75 Å². The van der Waals surface area contributed by atoms with E-state index in [2.05, 4.69) is 24.1 Å². The van der Waals surface area contributed by atoms with E-state index in [1.165, 1.54) is 18.9 Å². The van der Waals surface area contributed by atoms with E-state index in [0.717, 1.165) is 51.4 Å². The first-order chi connectivity index (χ1) is 24.5. The number of esters is 1. The van der Waals surface area contributed by atoms with Crippen molar-refractivity contribution in [3.05, 3.63) is 42.0 Å². The number of allylic oxidation sites excluding steroid dienone is 1. The van der Waals surface area contributed by atoms with E-state index < -0.39 is 47.8 Å². The molecule has 51 heavy (non-hydrogen) atoms. The number of ketones is 1. The van der Waals surface area contributed by atoms with Crippen LogP contribution in [0.15, 0.2) is 36.4 Å². The highest BCUT2D eigenvalue weighted by Gasteiger charge is 2.49. The summed E-state index contributed by atoms with van der Waals surface area (Å²) >= 11 is 0. The third-order valence-electron chi connectivity index (χ3n) is 8.50. The summed E-state index contributed by atoms with van der Waals surface area (Å²) in [6.07, 6.45) is 14.0. The molecule has 0 spiro atoms. The van der Waals surface area contributed by atoms with E-state index in [0.29, 0.717) is 43.4 Å². The van der Waals surface area contributed by atoms with Crippen molar-refractivity contribution < 1.29 is 48.8 Å². The predicted molar refractivity (Wildman–Crippen MR) is 195 cm³/mol. The molecule has 4 N–H and O–H groups in total. The zero-order chi connectivity index (χ0) is 37.9. The number of benzene rings is 1. The van der Waals surface area contributed by atoms with Crippen molar-refractivity contribution in [3.63, 3.8) is 0 Å². The van der Waals surface area contributed by atoms with Crippen molar-refractivity contribution in [2.45, 2.75) is 142 Å². The van der Waals surface area contributed by atoms with Gasteiger partial charge in [-0.25, -0.2) is 9.59 Å². The molecule has 0 aliphatic carbocycles. The van der Waals surface area contributed by atoms with Gasteiger partial charge in [0.2, 0.25) is 5.91 Å². The predicted octanol–water partition coefficient (Wildman–Crippen LogP) is 6.58. The van der Waals surface area contributed by atoms with E-state index in [1.54, 1.807) is 37.3 Å². The number of rotatable bonds is 29. The summed E-state index contributed by atoms with van der Waals surface area (Å²) in [5.74, 6) is -0.728. The van der Waals surface area contributed by atoms with Crippen molar-refractivity contribution in [3.8, 4) is 17.6 Å². The van der Waals surface area contributed by atoms with Gasteiger partial charge < -0.3 is 30.1 Å². The number of carbonyl (C=O) groups excluding carboxylic acids is 3. The van der Waals surface area contributed by atoms with Gasteiger partial charge in [0, 0.05) is 19.3 Å². The second-order valence-corrected chi connectivity index (χ2v) is 12.9. The maximum absolute atomic E-state index is 13.7. The highest BCUT2D eigenvalue weighted by Crippen LogP contribution is 2.26. The van der Waals surface area contributed by atoms with Gasteiger partial charge in [0.15, 0.2) is 5.60 Å². The molecule has 1 aromatic rings. The second-order valence-electron chi connectivity index (χ2n) is 12.9. The Morgan fingerprint density at radius 2 is 1.47 bits per heavy atom. The molecule has 0 heterocycles. The van der Waals surface area contributed by atoms with E-state index in [-0.39, 0.29) is 25.4 Å². The molecule has 1 aromatic carbocycles. The lowest BCUT2D eigenvalue weighted by Gasteiger charge is -2.30. The smallest absolute Gasteiger partial charge is 0.337 e. The van der Waals surface area contributed by atoms with Crippen LogP contribution < -0.4 is 10.1 Å². The maximum atomic E-state index is 13.7. The van der Waals surface area contributed by atoms with Crippen molar-refractivity contribution in [2.75, 3.05) is 13.2 Å².